The minimum atomic E-state index is -0.926. The summed E-state index contributed by atoms with van der Waals surface area (Å²) in [5.74, 6) is 0.488. The third-order valence-corrected chi connectivity index (χ3v) is 5.36. The molecule has 0 radical (unpaired) electrons. The summed E-state index contributed by atoms with van der Waals surface area (Å²) in [6.45, 7) is 0. The van der Waals surface area contributed by atoms with Crippen LogP contribution < -0.4 is 5.73 Å². The largest absolute Gasteiger partial charge is 0.480 e. The molecule has 0 bridgehead atoms. The number of benzene rings is 1. The number of aromatic amines is 1. The standard InChI is InChI=1S/C12H16N2O2S2/c13-10(12(15)16)7-18-17-6-8-5-14-11-4-2-1-3-9(8)11/h1-5,10,14,17-18H,6-7,13H2,(H,15,16)/t10-/m0/s1. The van der Waals surface area contributed by atoms with Crippen LogP contribution in [0.2, 0.25) is 0 Å². The Morgan fingerprint density at radius 2 is 2.17 bits per heavy atom. The Morgan fingerprint density at radius 3 is 2.94 bits per heavy atom. The Labute approximate surface area is 112 Å². The van der Waals surface area contributed by atoms with Gasteiger partial charge in [-0.3, -0.25) is 4.79 Å². The second-order valence-electron chi connectivity index (χ2n) is 3.93. The predicted octanol–water partition coefficient (Wildman–Crippen LogP) is 0.625. The number of nitrogens with two attached hydrogens (primary N) is 1. The van der Waals surface area contributed by atoms with Gasteiger partial charge in [-0.1, -0.05) is 18.2 Å². The molecule has 4 nitrogen and oxygen atoms in total. The van der Waals surface area contributed by atoms with Crippen molar-refractivity contribution < 1.29 is 9.90 Å². The molecule has 98 valence electrons. The monoisotopic (exact) mass is 284 g/mol. The van der Waals surface area contributed by atoms with E-state index < -0.39 is 12.0 Å². The molecule has 1 atom stereocenters. The summed E-state index contributed by atoms with van der Waals surface area (Å²) in [6, 6.07) is 7.42. The van der Waals surface area contributed by atoms with Crippen LogP contribution in [0.4, 0.5) is 0 Å². The fourth-order valence-electron chi connectivity index (χ4n) is 1.61. The van der Waals surface area contributed by atoms with Crippen molar-refractivity contribution in [3.05, 3.63) is 36.0 Å². The zero-order valence-electron chi connectivity index (χ0n) is 9.71. The number of hydrogen-bond acceptors (Lipinski definition) is 2. The van der Waals surface area contributed by atoms with E-state index in [2.05, 4.69) is 11.1 Å². The van der Waals surface area contributed by atoms with Crippen LogP contribution in [0.25, 0.3) is 10.9 Å². The number of nitrogens with one attached hydrogen (secondary N) is 1. The van der Waals surface area contributed by atoms with Crippen LogP contribution in [-0.2, 0) is 31.2 Å². The van der Waals surface area contributed by atoms with Gasteiger partial charge in [0.25, 0.3) is 0 Å². The number of thiol groups is 2. The molecule has 4 N–H and O–H groups in total. The number of aliphatic carboxylic acids is 1. The molecule has 0 unspecified atom stereocenters. The molecule has 2 aromatic rings. The van der Waals surface area contributed by atoms with E-state index in [-0.39, 0.29) is 0 Å². The summed E-state index contributed by atoms with van der Waals surface area (Å²) in [5, 5.41) is 9.91. The number of hydrogen-bond donors (Lipinski definition) is 5. The molecule has 0 aliphatic heterocycles. The lowest BCUT2D eigenvalue weighted by Crippen LogP contribution is -2.33. The van der Waals surface area contributed by atoms with E-state index in [1.807, 2.05) is 24.4 Å². The fraction of sp³-hybridized carbons (Fsp3) is 0.250. The second-order valence-corrected chi connectivity index (χ2v) is 6.87. The predicted molar refractivity (Wildman–Crippen MR) is 80.0 cm³/mol. The highest BCUT2D eigenvalue weighted by Gasteiger charge is 2.08. The highest BCUT2D eigenvalue weighted by Crippen LogP contribution is 2.17. The number of rotatable bonds is 5. The fourth-order valence-corrected chi connectivity index (χ4v) is 4.21. The summed E-state index contributed by atoms with van der Waals surface area (Å²) >= 11 is 0. The normalized spacial score (nSPS) is 14.1. The van der Waals surface area contributed by atoms with Crippen molar-refractivity contribution in [2.75, 3.05) is 5.75 Å². The van der Waals surface area contributed by atoms with Crippen molar-refractivity contribution in [2.45, 2.75) is 11.8 Å². The third kappa shape index (κ3) is 3.22. The lowest BCUT2D eigenvalue weighted by Gasteiger charge is -2.01. The lowest BCUT2D eigenvalue weighted by atomic mass is 10.2. The molecule has 0 fully saturated rings. The molecule has 2 rings (SSSR count). The number of carbonyl (C=O) groups is 1. The van der Waals surface area contributed by atoms with E-state index in [1.165, 1.54) is 21.3 Å². The minimum absolute atomic E-state index is 0.499. The molecular formula is C12H16N2O2S2. The van der Waals surface area contributed by atoms with E-state index in [4.69, 9.17) is 10.8 Å². The van der Waals surface area contributed by atoms with E-state index in [0.29, 0.717) is 5.75 Å². The molecule has 1 heterocycles. The second kappa shape index (κ2) is 6.17. The number of fused-ring (bicyclic) bond motifs is 1. The van der Waals surface area contributed by atoms with E-state index in [9.17, 15) is 4.79 Å². The Hall–Kier alpha value is -1.11. The van der Waals surface area contributed by atoms with Crippen LogP contribution in [0.3, 0.4) is 0 Å². The SMILES string of the molecule is N[C@@H](C[SH]=[SH]Cc1c[nH]c2ccccc12)C(=O)O. The molecule has 0 amide bonds. The highest BCUT2D eigenvalue weighted by atomic mass is 32.8. The summed E-state index contributed by atoms with van der Waals surface area (Å²) in [5.41, 5.74) is 7.86. The van der Waals surface area contributed by atoms with Crippen molar-refractivity contribution in [1.82, 2.24) is 4.98 Å². The third-order valence-electron chi connectivity index (χ3n) is 2.61. The van der Waals surface area contributed by atoms with E-state index in [0.717, 1.165) is 21.6 Å². The number of para-hydroxylation sites is 1. The number of aromatic nitrogens is 1. The van der Waals surface area contributed by atoms with Crippen LogP contribution in [0, 0.1) is 0 Å². The van der Waals surface area contributed by atoms with Gasteiger partial charge in [0.1, 0.15) is 6.04 Å². The molecular weight excluding hydrogens is 268 g/mol. The molecule has 1 aromatic heterocycles. The summed E-state index contributed by atoms with van der Waals surface area (Å²) < 4.78 is 0. The molecule has 18 heavy (non-hydrogen) atoms. The molecule has 1 aromatic carbocycles. The first-order chi connectivity index (χ1) is 8.68. The molecule has 0 spiro atoms. The van der Waals surface area contributed by atoms with E-state index in [1.54, 1.807) is 0 Å². The number of carboxylic acids is 1. The average molecular weight is 284 g/mol. The zero-order valence-corrected chi connectivity index (χ0v) is 11.5. The van der Waals surface area contributed by atoms with Crippen LogP contribution in [0.1, 0.15) is 5.56 Å². The number of H-pyrrole nitrogens is 1. The van der Waals surface area contributed by atoms with Gasteiger partial charge in [0.2, 0.25) is 0 Å². The van der Waals surface area contributed by atoms with Crippen molar-refractivity contribution >= 4 is 37.5 Å². The van der Waals surface area contributed by atoms with Gasteiger partial charge in [0.05, 0.1) is 0 Å². The van der Waals surface area contributed by atoms with Gasteiger partial charge in [0.15, 0.2) is 0 Å². The topological polar surface area (TPSA) is 79.1 Å². The van der Waals surface area contributed by atoms with E-state index >= 15 is 0 Å². The van der Waals surface area contributed by atoms with Gasteiger partial charge in [-0.15, -0.1) is 0 Å². The van der Waals surface area contributed by atoms with Gasteiger partial charge < -0.3 is 15.8 Å². The number of carboxylic acid groups (broad SMARTS) is 1. The van der Waals surface area contributed by atoms with Crippen LogP contribution in [0.5, 0.6) is 0 Å². The first-order valence-corrected chi connectivity index (χ1v) is 8.41. The Kier molecular flexibility index (Phi) is 4.57. The smallest absolute Gasteiger partial charge is 0.321 e. The minimum Gasteiger partial charge on any atom is -0.480 e. The first kappa shape index (κ1) is 13.3. The molecule has 0 saturated heterocycles. The Bertz CT molecular complexity index is 580. The van der Waals surface area contributed by atoms with Crippen molar-refractivity contribution in [3.63, 3.8) is 0 Å². The maximum Gasteiger partial charge on any atom is 0.321 e. The zero-order chi connectivity index (χ0) is 13.0. The van der Waals surface area contributed by atoms with Gasteiger partial charge in [0, 0.05) is 28.6 Å². The van der Waals surface area contributed by atoms with Crippen molar-refractivity contribution in [2.24, 2.45) is 5.73 Å². The average Bonchev–Trinajstić information content (AvgIpc) is 2.77. The van der Waals surface area contributed by atoms with Crippen molar-refractivity contribution in [1.29, 1.82) is 0 Å². The quantitative estimate of drug-likeness (QED) is 0.522. The lowest BCUT2D eigenvalue weighted by molar-refractivity contribution is -0.137. The Morgan fingerprint density at radius 1 is 1.39 bits per heavy atom. The summed E-state index contributed by atoms with van der Waals surface area (Å²) in [7, 11) is 2.24. The van der Waals surface area contributed by atoms with Crippen LogP contribution >= 0.6 is 0 Å². The Balaban J connectivity index is 1.98. The first-order valence-electron chi connectivity index (χ1n) is 5.55. The van der Waals surface area contributed by atoms with Gasteiger partial charge in [-0.05, 0) is 11.6 Å². The maximum absolute atomic E-state index is 10.6. The molecule has 0 aliphatic carbocycles. The molecule has 0 saturated carbocycles. The van der Waals surface area contributed by atoms with Crippen LogP contribution in [-0.4, -0.2) is 27.9 Å². The molecule has 0 aliphatic rings. The van der Waals surface area contributed by atoms with Crippen molar-refractivity contribution in [3.8, 4) is 0 Å². The molecule has 6 heteroatoms. The maximum atomic E-state index is 10.6. The van der Waals surface area contributed by atoms with Gasteiger partial charge in [-0.2, -0.15) is 20.6 Å². The summed E-state index contributed by atoms with van der Waals surface area (Å²) in [6.07, 6.45) is 2.02. The van der Waals surface area contributed by atoms with Crippen LogP contribution in [0.15, 0.2) is 30.5 Å². The van der Waals surface area contributed by atoms with Gasteiger partial charge in [-0.25, -0.2) is 0 Å². The van der Waals surface area contributed by atoms with Gasteiger partial charge >= 0.3 is 5.97 Å². The highest BCUT2D eigenvalue weighted by molar-refractivity contribution is 8.26. The summed E-state index contributed by atoms with van der Waals surface area (Å²) in [4.78, 5) is 13.8.